The highest BCUT2D eigenvalue weighted by molar-refractivity contribution is 7.92. The first kappa shape index (κ1) is 27.2. The zero-order chi connectivity index (χ0) is 29.8. The van der Waals surface area contributed by atoms with Gasteiger partial charge >= 0.3 is 0 Å². The summed E-state index contributed by atoms with van der Waals surface area (Å²) < 4.78 is 60.2. The quantitative estimate of drug-likeness (QED) is 0.221. The molecule has 0 radical (unpaired) electrons. The van der Waals surface area contributed by atoms with Gasteiger partial charge in [0.25, 0.3) is 5.91 Å². The molecule has 2 N–H and O–H groups in total. The molecule has 1 amide bonds. The molecule has 0 saturated heterocycles. The number of anilines is 1. The smallest absolute Gasteiger partial charge is 0.255 e. The van der Waals surface area contributed by atoms with Crippen LogP contribution < -0.4 is 9.62 Å². The molecule has 0 saturated carbocycles. The topological polar surface area (TPSA) is 95.4 Å². The number of carbonyl (C=O) groups excluding carboxylic acids is 1. The molecule has 212 valence electrons. The standard InChI is InChI=1S/C32H25F2N3O4S/c1-35-32(38)30-25-16-24(19-5-4-6-20(13-19)27-15-21-14-23(34)11-12-26(21)36-27)28(37(2)42(3,39)40)17-29(25)41-31(30)18-7-9-22(33)10-8-18/h4-17,36H,1-3H3,(H,35,38). The van der Waals surface area contributed by atoms with Crippen molar-refractivity contribution < 1.29 is 26.4 Å². The maximum atomic E-state index is 13.8. The maximum absolute atomic E-state index is 13.8. The van der Waals surface area contributed by atoms with E-state index in [1.54, 1.807) is 18.2 Å². The number of furan rings is 1. The van der Waals surface area contributed by atoms with Crippen LogP contribution in [0.4, 0.5) is 14.5 Å². The number of aromatic nitrogens is 1. The fraction of sp³-hybridized carbons (Fsp3) is 0.0938. The highest BCUT2D eigenvalue weighted by Crippen LogP contribution is 2.42. The summed E-state index contributed by atoms with van der Waals surface area (Å²) in [5.41, 5.74) is 4.89. The van der Waals surface area contributed by atoms with Crippen LogP contribution in [0.5, 0.6) is 0 Å². The van der Waals surface area contributed by atoms with Crippen LogP contribution in [-0.2, 0) is 10.0 Å². The van der Waals surface area contributed by atoms with Gasteiger partial charge in [-0.1, -0.05) is 18.2 Å². The zero-order valence-electron chi connectivity index (χ0n) is 22.8. The number of rotatable bonds is 6. The number of halogens is 2. The molecule has 0 spiro atoms. The Balaban J connectivity index is 1.60. The second-order valence-electron chi connectivity index (χ2n) is 9.98. The van der Waals surface area contributed by atoms with Crippen molar-refractivity contribution in [1.29, 1.82) is 0 Å². The molecule has 0 unspecified atom stereocenters. The molecule has 4 aromatic carbocycles. The summed E-state index contributed by atoms with van der Waals surface area (Å²) >= 11 is 0. The summed E-state index contributed by atoms with van der Waals surface area (Å²) in [6.45, 7) is 0. The number of H-pyrrole nitrogens is 1. The first-order chi connectivity index (χ1) is 20.0. The second-order valence-corrected chi connectivity index (χ2v) is 12.0. The van der Waals surface area contributed by atoms with Gasteiger partial charge in [0.2, 0.25) is 10.0 Å². The molecule has 10 heteroatoms. The number of carbonyl (C=O) groups is 1. The molecule has 0 bridgehead atoms. The number of benzene rings is 4. The third kappa shape index (κ3) is 4.79. The van der Waals surface area contributed by atoms with Gasteiger partial charge in [-0.15, -0.1) is 0 Å². The van der Waals surface area contributed by atoms with Gasteiger partial charge in [-0.05, 0) is 71.8 Å². The maximum Gasteiger partial charge on any atom is 0.255 e. The number of amides is 1. The van der Waals surface area contributed by atoms with Crippen molar-refractivity contribution in [1.82, 2.24) is 10.3 Å². The molecule has 42 heavy (non-hydrogen) atoms. The lowest BCUT2D eigenvalue weighted by atomic mass is 9.96. The van der Waals surface area contributed by atoms with E-state index in [0.717, 1.165) is 32.7 Å². The van der Waals surface area contributed by atoms with Gasteiger partial charge in [0.1, 0.15) is 23.0 Å². The molecule has 6 rings (SSSR count). The fourth-order valence-corrected chi connectivity index (χ4v) is 5.58. The van der Waals surface area contributed by atoms with Crippen LogP contribution in [0.25, 0.3) is 55.6 Å². The van der Waals surface area contributed by atoms with E-state index >= 15 is 0 Å². The van der Waals surface area contributed by atoms with Crippen LogP contribution in [-0.4, -0.2) is 39.7 Å². The van der Waals surface area contributed by atoms with Crippen molar-refractivity contribution in [2.75, 3.05) is 24.7 Å². The summed E-state index contributed by atoms with van der Waals surface area (Å²) in [6.07, 6.45) is 1.10. The Morgan fingerprint density at radius 1 is 0.881 bits per heavy atom. The van der Waals surface area contributed by atoms with Crippen molar-refractivity contribution in [3.05, 3.63) is 102 Å². The van der Waals surface area contributed by atoms with Gasteiger partial charge in [0.15, 0.2) is 0 Å². The van der Waals surface area contributed by atoms with Gasteiger partial charge in [-0.25, -0.2) is 17.2 Å². The lowest BCUT2D eigenvalue weighted by Crippen LogP contribution is -2.25. The highest BCUT2D eigenvalue weighted by atomic mass is 32.2. The third-order valence-corrected chi connectivity index (χ3v) is 8.46. The van der Waals surface area contributed by atoms with Crippen molar-refractivity contribution in [2.24, 2.45) is 0 Å². The van der Waals surface area contributed by atoms with E-state index in [9.17, 15) is 22.0 Å². The van der Waals surface area contributed by atoms with Crippen LogP contribution in [0.15, 0.2) is 89.3 Å². The number of hydrogen-bond donors (Lipinski definition) is 2. The summed E-state index contributed by atoms with van der Waals surface area (Å²) in [4.78, 5) is 16.4. The Labute approximate surface area is 240 Å². The summed E-state index contributed by atoms with van der Waals surface area (Å²) in [5, 5.41) is 3.82. The van der Waals surface area contributed by atoms with Gasteiger partial charge in [0.05, 0.1) is 17.5 Å². The average molecular weight is 586 g/mol. The van der Waals surface area contributed by atoms with Crippen molar-refractivity contribution >= 4 is 43.5 Å². The SMILES string of the molecule is CNC(=O)c1c(-c2ccc(F)cc2)oc2cc(N(C)S(C)(=O)=O)c(-c3cccc(-c4cc5cc(F)ccc5[nH]4)c3)cc12. The molecule has 0 aliphatic carbocycles. The Morgan fingerprint density at radius 3 is 2.31 bits per heavy atom. The predicted molar refractivity (Wildman–Crippen MR) is 161 cm³/mol. The van der Waals surface area contributed by atoms with Crippen LogP contribution in [0.2, 0.25) is 0 Å². The average Bonchev–Trinajstić information content (AvgIpc) is 3.56. The van der Waals surface area contributed by atoms with Crippen LogP contribution in [0, 0.1) is 11.6 Å². The van der Waals surface area contributed by atoms with E-state index < -0.39 is 21.7 Å². The minimum atomic E-state index is -3.69. The summed E-state index contributed by atoms with van der Waals surface area (Å²) in [6, 6.07) is 22.7. The van der Waals surface area contributed by atoms with Crippen LogP contribution in [0.3, 0.4) is 0 Å². The van der Waals surface area contributed by atoms with E-state index in [1.165, 1.54) is 50.5 Å². The molecule has 2 aromatic heterocycles. The van der Waals surface area contributed by atoms with Gasteiger partial charge in [-0.3, -0.25) is 9.10 Å². The second kappa shape index (κ2) is 10.1. The number of fused-ring (bicyclic) bond motifs is 2. The number of nitrogens with one attached hydrogen (secondary N) is 2. The normalized spacial score (nSPS) is 11.7. The minimum Gasteiger partial charge on any atom is -0.455 e. The van der Waals surface area contributed by atoms with Gasteiger partial charge in [0, 0.05) is 53.3 Å². The van der Waals surface area contributed by atoms with E-state index in [0.29, 0.717) is 27.8 Å². The van der Waals surface area contributed by atoms with E-state index in [4.69, 9.17) is 4.42 Å². The van der Waals surface area contributed by atoms with Gasteiger partial charge < -0.3 is 14.7 Å². The van der Waals surface area contributed by atoms with Crippen molar-refractivity contribution in [3.8, 4) is 33.7 Å². The van der Waals surface area contributed by atoms with E-state index in [-0.39, 0.29) is 22.7 Å². The molecule has 2 heterocycles. The van der Waals surface area contributed by atoms with Crippen molar-refractivity contribution in [3.63, 3.8) is 0 Å². The number of sulfonamides is 1. The molecule has 0 aliphatic rings. The van der Waals surface area contributed by atoms with Crippen molar-refractivity contribution in [2.45, 2.75) is 0 Å². The molecule has 0 atom stereocenters. The third-order valence-electron chi connectivity index (χ3n) is 7.27. The van der Waals surface area contributed by atoms with Crippen LogP contribution >= 0.6 is 0 Å². The first-order valence-corrected chi connectivity index (χ1v) is 14.8. The lowest BCUT2D eigenvalue weighted by Gasteiger charge is -2.21. The Hall–Kier alpha value is -4.96. The minimum absolute atomic E-state index is 0.230. The zero-order valence-corrected chi connectivity index (χ0v) is 23.6. The van der Waals surface area contributed by atoms with Crippen LogP contribution in [0.1, 0.15) is 10.4 Å². The highest BCUT2D eigenvalue weighted by Gasteiger charge is 2.26. The number of hydrogen-bond acceptors (Lipinski definition) is 4. The fourth-order valence-electron chi connectivity index (χ4n) is 5.07. The summed E-state index contributed by atoms with van der Waals surface area (Å²) in [7, 11) is -0.749. The molecule has 6 aromatic rings. The number of nitrogens with zero attached hydrogens (tertiary/aromatic N) is 1. The monoisotopic (exact) mass is 585 g/mol. The predicted octanol–water partition coefficient (Wildman–Crippen LogP) is 6.95. The summed E-state index contributed by atoms with van der Waals surface area (Å²) in [5.74, 6) is -0.956. The van der Waals surface area contributed by atoms with E-state index in [1.807, 2.05) is 30.3 Å². The molecule has 0 aliphatic heterocycles. The lowest BCUT2D eigenvalue weighted by molar-refractivity contribution is 0.0964. The molecule has 7 nitrogen and oxygen atoms in total. The van der Waals surface area contributed by atoms with Gasteiger partial charge in [-0.2, -0.15) is 0 Å². The molecular formula is C32H25F2N3O4S. The Bertz CT molecular complexity index is 2120. The first-order valence-electron chi connectivity index (χ1n) is 12.9. The Morgan fingerprint density at radius 2 is 1.60 bits per heavy atom. The number of aromatic amines is 1. The van der Waals surface area contributed by atoms with E-state index in [2.05, 4.69) is 10.3 Å². The molecule has 0 fully saturated rings. The molecular weight excluding hydrogens is 560 g/mol. The Kier molecular flexibility index (Phi) is 6.58. The largest absolute Gasteiger partial charge is 0.455 e.